The van der Waals surface area contributed by atoms with Crippen LogP contribution in [0.25, 0.3) is 10.9 Å². The largest absolute Gasteiger partial charge is 0.378 e. The van der Waals surface area contributed by atoms with E-state index in [0.717, 1.165) is 26.6 Å². The van der Waals surface area contributed by atoms with Gasteiger partial charge in [-0.1, -0.05) is 28.1 Å². The molecule has 0 saturated heterocycles. The number of fused-ring (bicyclic) bond motifs is 1. The predicted octanol–water partition coefficient (Wildman–Crippen LogP) is 3.92. The fourth-order valence-electron chi connectivity index (χ4n) is 2.99. The lowest BCUT2D eigenvalue weighted by atomic mass is 10.1. The first kappa shape index (κ1) is 18.9. The van der Waals surface area contributed by atoms with E-state index >= 15 is 0 Å². The lowest BCUT2D eigenvalue weighted by Gasteiger charge is -2.09. The Hall–Kier alpha value is -2.87. The molecule has 3 N–H and O–H groups in total. The van der Waals surface area contributed by atoms with Crippen LogP contribution in [0.1, 0.15) is 11.3 Å². The molecule has 0 atom stereocenters. The maximum atomic E-state index is 12.3. The number of rotatable bonds is 7. The van der Waals surface area contributed by atoms with Crippen LogP contribution in [-0.4, -0.2) is 28.9 Å². The van der Waals surface area contributed by atoms with Gasteiger partial charge in [0.25, 0.3) is 5.69 Å². The molecular weight excluding hydrogens is 412 g/mol. The van der Waals surface area contributed by atoms with Gasteiger partial charge in [0, 0.05) is 40.2 Å². The van der Waals surface area contributed by atoms with Crippen LogP contribution in [0.3, 0.4) is 0 Å². The molecule has 0 aliphatic heterocycles. The number of halogens is 1. The van der Waals surface area contributed by atoms with Gasteiger partial charge in [0.1, 0.15) is 5.69 Å². The highest BCUT2D eigenvalue weighted by molar-refractivity contribution is 9.10. The van der Waals surface area contributed by atoms with Gasteiger partial charge in [-0.2, -0.15) is 0 Å². The van der Waals surface area contributed by atoms with Gasteiger partial charge in [-0.05, 0) is 36.8 Å². The lowest BCUT2D eigenvalue weighted by Crippen LogP contribution is -2.30. The summed E-state index contributed by atoms with van der Waals surface area (Å²) in [4.78, 5) is 26.2. The van der Waals surface area contributed by atoms with Gasteiger partial charge in [0.05, 0.1) is 11.3 Å². The third kappa shape index (κ3) is 4.46. The number of aryl methyl sites for hydroxylation is 1. The SMILES string of the molecule is Cc1[nH]c2ccc(Br)cc2c1CC(=O)NCCNc1ccccc1[N+](=O)[O-]. The molecule has 7 nitrogen and oxygen atoms in total. The maximum absolute atomic E-state index is 12.3. The molecule has 0 aliphatic rings. The van der Waals surface area contributed by atoms with Gasteiger partial charge >= 0.3 is 0 Å². The molecule has 0 bridgehead atoms. The van der Waals surface area contributed by atoms with Crippen molar-refractivity contribution in [1.29, 1.82) is 0 Å². The van der Waals surface area contributed by atoms with Gasteiger partial charge in [-0.15, -0.1) is 0 Å². The summed E-state index contributed by atoms with van der Waals surface area (Å²) in [5, 5.41) is 17.9. The summed E-state index contributed by atoms with van der Waals surface area (Å²) >= 11 is 3.46. The van der Waals surface area contributed by atoms with Gasteiger partial charge in [0.15, 0.2) is 0 Å². The number of hydrogen-bond acceptors (Lipinski definition) is 4. The number of nitrogens with one attached hydrogen (secondary N) is 3. The highest BCUT2D eigenvalue weighted by atomic mass is 79.9. The van der Waals surface area contributed by atoms with Crippen molar-refractivity contribution in [2.45, 2.75) is 13.3 Å². The van der Waals surface area contributed by atoms with Crippen molar-refractivity contribution >= 4 is 44.1 Å². The monoisotopic (exact) mass is 430 g/mol. The number of H-pyrrole nitrogens is 1. The molecule has 0 aliphatic carbocycles. The van der Waals surface area contributed by atoms with Crippen molar-refractivity contribution in [3.8, 4) is 0 Å². The molecule has 1 amide bonds. The van der Waals surface area contributed by atoms with Gasteiger partial charge in [-0.25, -0.2) is 0 Å². The standard InChI is InChI=1S/C19H19BrN4O3/c1-12-14(15-10-13(20)6-7-16(15)23-12)11-19(25)22-9-8-21-17-4-2-3-5-18(17)24(26)27/h2-7,10,21,23H,8-9,11H2,1H3,(H,22,25). The molecule has 1 aromatic heterocycles. The summed E-state index contributed by atoms with van der Waals surface area (Å²) in [6.45, 7) is 2.72. The highest BCUT2D eigenvalue weighted by Gasteiger charge is 2.14. The second-order valence-electron chi connectivity index (χ2n) is 6.15. The van der Waals surface area contributed by atoms with E-state index in [0.29, 0.717) is 18.8 Å². The average Bonchev–Trinajstić information content (AvgIpc) is 2.94. The number of nitro groups is 1. The van der Waals surface area contributed by atoms with E-state index in [1.54, 1.807) is 18.2 Å². The third-order valence-electron chi connectivity index (χ3n) is 4.28. The number of anilines is 1. The molecule has 3 aromatic rings. The van der Waals surface area contributed by atoms with Crippen molar-refractivity contribution in [3.63, 3.8) is 0 Å². The Kier molecular flexibility index (Phi) is 5.75. The number of aromatic amines is 1. The number of nitrogens with zero attached hydrogens (tertiary/aromatic N) is 1. The number of hydrogen-bond donors (Lipinski definition) is 3. The van der Waals surface area contributed by atoms with Crippen molar-refractivity contribution in [2.24, 2.45) is 0 Å². The third-order valence-corrected chi connectivity index (χ3v) is 4.78. The Morgan fingerprint density at radius 3 is 2.78 bits per heavy atom. The number of carbonyl (C=O) groups excluding carboxylic acids is 1. The van der Waals surface area contributed by atoms with Crippen LogP contribution < -0.4 is 10.6 Å². The van der Waals surface area contributed by atoms with Crippen LogP contribution in [0.2, 0.25) is 0 Å². The Balaban J connectivity index is 1.56. The second kappa shape index (κ2) is 8.22. The molecule has 1 heterocycles. The minimum Gasteiger partial charge on any atom is -0.378 e. The first-order chi connectivity index (χ1) is 13.0. The van der Waals surface area contributed by atoms with Crippen LogP contribution >= 0.6 is 15.9 Å². The van der Waals surface area contributed by atoms with Crippen LogP contribution in [-0.2, 0) is 11.2 Å². The molecule has 0 saturated carbocycles. The van der Waals surface area contributed by atoms with Crippen molar-refractivity contribution in [1.82, 2.24) is 10.3 Å². The Bertz CT molecular complexity index is 1000. The molecule has 0 spiro atoms. The molecular formula is C19H19BrN4O3. The summed E-state index contributed by atoms with van der Waals surface area (Å²) in [5.74, 6) is -0.0941. The first-order valence-corrected chi connectivity index (χ1v) is 9.25. The van der Waals surface area contributed by atoms with E-state index in [-0.39, 0.29) is 18.0 Å². The van der Waals surface area contributed by atoms with Crippen LogP contribution in [0.5, 0.6) is 0 Å². The Morgan fingerprint density at radius 2 is 2.00 bits per heavy atom. The molecule has 2 aromatic carbocycles. The molecule has 0 radical (unpaired) electrons. The zero-order valence-corrected chi connectivity index (χ0v) is 16.3. The van der Waals surface area contributed by atoms with E-state index in [1.165, 1.54) is 6.07 Å². The minimum absolute atomic E-state index is 0.0174. The number of amides is 1. The summed E-state index contributed by atoms with van der Waals surface area (Å²) in [6.07, 6.45) is 0.272. The molecule has 8 heteroatoms. The topological polar surface area (TPSA) is 100 Å². The van der Waals surface area contributed by atoms with Crippen molar-refractivity contribution in [2.75, 3.05) is 18.4 Å². The van der Waals surface area contributed by atoms with Gasteiger partial charge < -0.3 is 15.6 Å². The molecule has 3 rings (SSSR count). The van der Waals surface area contributed by atoms with E-state index in [1.807, 2.05) is 25.1 Å². The van der Waals surface area contributed by atoms with Crippen molar-refractivity contribution in [3.05, 3.63) is 68.3 Å². The van der Waals surface area contributed by atoms with Crippen LogP contribution in [0.15, 0.2) is 46.9 Å². The lowest BCUT2D eigenvalue weighted by molar-refractivity contribution is -0.384. The normalized spacial score (nSPS) is 10.7. The zero-order chi connectivity index (χ0) is 19.4. The molecule has 27 heavy (non-hydrogen) atoms. The fourth-order valence-corrected chi connectivity index (χ4v) is 3.35. The Morgan fingerprint density at radius 1 is 1.22 bits per heavy atom. The summed E-state index contributed by atoms with van der Waals surface area (Å²) < 4.78 is 0.962. The highest BCUT2D eigenvalue weighted by Crippen LogP contribution is 2.26. The van der Waals surface area contributed by atoms with Crippen LogP contribution in [0, 0.1) is 17.0 Å². The molecule has 0 unspecified atom stereocenters. The predicted molar refractivity (Wildman–Crippen MR) is 109 cm³/mol. The number of para-hydroxylation sites is 2. The van der Waals surface area contributed by atoms with E-state index in [2.05, 4.69) is 31.5 Å². The van der Waals surface area contributed by atoms with Crippen LogP contribution in [0.4, 0.5) is 11.4 Å². The number of benzene rings is 2. The average molecular weight is 431 g/mol. The number of aromatic nitrogens is 1. The zero-order valence-electron chi connectivity index (χ0n) is 14.7. The number of carbonyl (C=O) groups is 1. The van der Waals surface area contributed by atoms with Gasteiger partial charge in [-0.3, -0.25) is 14.9 Å². The van der Waals surface area contributed by atoms with Gasteiger partial charge in [0.2, 0.25) is 5.91 Å². The quantitative estimate of drug-likeness (QED) is 0.300. The smallest absolute Gasteiger partial charge is 0.292 e. The maximum Gasteiger partial charge on any atom is 0.292 e. The second-order valence-corrected chi connectivity index (χ2v) is 7.06. The Labute approximate surface area is 164 Å². The molecule has 0 fully saturated rings. The van der Waals surface area contributed by atoms with E-state index in [4.69, 9.17) is 0 Å². The summed E-state index contributed by atoms with van der Waals surface area (Å²) in [5.41, 5.74) is 3.39. The summed E-state index contributed by atoms with van der Waals surface area (Å²) in [7, 11) is 0. The van der Waals surface area contributed by atoms with Crippen molar-refractivity contribution < 1.29 is 9.72 Å². The summed E-state index contributed by atoms with van der Waals surface area (Å²) in [6, 6.07) is 12.4. The molecule has 140 valence electrons. The minimum atomic E-state index is -0.432. The first-order valence-electron chi connectivity index (χ1n) is 8.46. The van der Waals surface area contributed by atoms with E-state index in [9.17, 15) is 14.9 Å². The number of nitro benzene ring substituents is 1. The fraction of sp³-hybridized carbons (Fsp3) is 0.211. The van der Waals surface area contributed by atoms with E-state index < -0.39 is 4.92 Å².